The molecule has 0 aliphatic heterocycles. The number of hydrogen-bond donors (Lipinski definition) is 1. The van der Waals surface area contributed by atoms with Gasteiger partial charge in [-0.1, -0.05) is 6.07 Å². The number of aryl methyl sites for hydroxylation is 1. The molecule has 3 aromatic heterocycles. The fourth-order valence-corrected chi connectivity index (χ4v) is 3.43. The number of carbonyl (C=O) groups is 1. The number of thiophene rings is 2. The first-order chi connectivity index (χ1) is 9.08. The first-order valence-electron chi connectivity index (χ1n) is 5.29. The van der Waals surface area contributed by atoms with Crippen molar-refractivity contribution in [1.82, 2.24) is 4.98 Å². The van der Waals surface area contributed by atoms with Gasteiger partial charge in [0.15, 0.2) is 0 Å². The summed E-state index contributed by atoms with van der Waals surface area (Å²) in [6.45, 7) is 1.59. The standard InChI is InChI=1S/C12H7NO4S2/c1-5-7-10(19-8(5)11(14)15)13-9(17-12(7)16)6-3-2-4-18-6/h2-4H,1H3,(H,14,15). The van der Waals surface area contributed by atoms with Crippen molar-refractivity contribution in [1.29, 1.82) is 0 Å². The fourth-order valence-electron chi connectivity index (χ4n) is 1.78. The van der Waals surface area contributed by atoms with Gasteiger partial charge in [-0.3, -0.25) is 0 Å². The highest BCUT2D eigenvalue weighted by Gasteiger charge is 2.20. The second kappa shape index (κ2) is 4.29. The lowest BCUT2D eigenvalue weighted by Crippen LogP contribution is -2.02. The van der Waals surface area contributed by atoms with E-state index >= 15 is 0 Å². The van der Waals surface area contributed by atoms with Crippen LogP contribution in [0.3, 0.4) is 0 Å². The summed E-state index contributed by atoms with van der Waals surface area (Å²) in [7, 11) is 0. The van der Waals surface area contributed by atoms with Crippen LogP contribution in [0.2, 0.25) is 0 Å². The number of fused-ring (bicyclic) bond motifs is 1. The molecule has 3 aromatic rings. The highest BCUT2D eigenvalue weighted by Crippen LogP contribution is 2.30. The molecule has 0 aliphatic carbocycles. The SMILES string of the molecule is Cc1c(C(=O)O)sc2nc(-c3cccs3)oc(=O)c12. The van der Waals surface area contributed by atoms with Crippen LogP contribution in [0.1, 0.15) is 15.2 Å². The molecule has 0 amide bonds. The monoisotopic (exact) mass is 293 g/mol. The van der Waals surface area contributed by atoms with Gasteiger partial charge < -0.3 is 9.52 Å². The van der Waals surface area contributed by atoms with Gasteiger partial charge in [0.25, 0.3) is 0 Å². The molecule has 0 unspecified atom stereocenters. The molecule has 0 saturated carbocycles. The predicted molar refractivity (Wildman–Crippen MR) is 73.2 cm³/mol. The molecule has 0 aliphatic rings. The topological polar surface area (TPSA) is 80.4 Å². The molecule has 0 aromatic carbocycles. The Morgan fingerprint density at radius 1 is 1.47 bits per heavy atom. The van der Waals surface area contributed by atoms with Gasteiger partial charge in [0.1, 0.15) is 15.1 Å². The zero-order valence-electron chi connectivity index (χ0n) is 9.67. The molecule has 0 spiro atoms. The quantitative estimate of drug-likeness (QED) is 0.785. The summed E-state index contributed by atoms with van der Waals surface area (Å²) in [5.41, 5.74) is -0.138. The van der Waals surface area contributed by atoms with Crippen LogP contribution >= 0.6 is 22.7 Å². The van der Waals surface area contributed by atoms with Crippen LogP contribution < -0.4 is 5.63 Å². The molecule has 0 atom stereocenters. The van der Waals surface area contributed by atoms with E-state index in [2.05, 4.69) is 4.98 Å². The van der Waals surface area contributed by atoms with Gasteiger partial charge >= 0.3 is 11.6 Å². The second-order valence-corrected chi connectivity index (χ2v) is 5.77. The van der Waals surface area contributed by atoms with Gasteiger partial charge in [0.2, 0.25) is 5.89 Å². The summed E-state index contributed by atoms with van der Waals surface area (Å²) >= 11 is 2.40. The maximum absolute atomic E-state index is 12.0. The predicted octanol–water partition coefficient (Wildman–Crippen LogP) is 2.98. The summed E-state index contributed by atoms with van der Waals surface area (Å²) < 4.78 is 5.17. The first kappa shape index (κ1) is 12.1. The fraction of sp³-hybridized carbons (Fsp3) is 0.0833. The Labute approximate surface area is 114 Å². The molecule has 19 heavy (non-hydrogen) atoms. The molecular formula is C12H7NO4S2. The molecule has 0 bridgehead atoms. The first-order valence-corrected chi connectivity index (χ1v) is 6.99. The van der Waals surface area contributed by atoms with Gasteiger partial charge in [-0.2, -0.15) is 0 Å². The van der Waals surface area contributed by atoms with Gasteiger partial charge in [0.05, 0.1) is 4.88 Å². The Balaban J connectivity index is 2.33. The van der Waals surface area contributed by atoms with E-state index in [1.54, 1.807) is 13.0 Å². The van der Waals surface area contributed by atoms with Gasteiger partial charge in [-0.25, -0.2) is 14.6 Å². The van der Waals surface area contributed by atoms with Crippen LogP contribution in [0, 0.1) is 6.92 Å². The van der Waals surface area contributed by atoms with E-state index in [4.69, 9.17) is 9.52 Å². The van der Waals surface area contributed by atoms with Crippen molar-refractivity contribution in [3.05, 3.63) is 38.4 Å². The van der Waals surface area contributed by atoms with Crippen molar-refractivity contribution in [3.63, 3.8) is 0 Å². The Hall–Kier alpha value is -1.99. The molecule has 1 N–H and O–H groups in total. The Kier molecular flexibility index (Phi) is 2.72. The van der Waals surface area contributed by atoms with E-state index in [1.807, 2.05) is 11.4 Å². The zero-order chi connectivity index (χ0) is 13.6. The average Bonchev–Trinajstić information content (AvgIpc) is 2.96. The number of carboxylic acids is 1. The second-order valence-electron chi connectivity index (χ2n) is 3.83. The summed E-state index contributed by atoms with van der Waals surface area (Å²) in [5.74, 6) is -0.830. The van der Waals surface area contributed by atoms with Crippen molar-refractivity contribution in [2.45, 2.75) is 6.92 Å². The molecule has 5 nitrogen and oxygen atoms in total. The van der Waals surface area contributed by atoms with Crippen molar-refractivity contribution >= 4 is 38.9 Å². The number of hydrogen-bond acceptors (Lipinski definition) is 6. The van der Waals surface area contributed by atoms with Crippen molar-refractivity contribution < 1.29 is 14.3 Å². The maximum Gasteiger partial charge on any atom is 0.348 e. The van der Waals surface area contributed by atoms with Crippen LogP contribution in [0.5, 0.6) is 0 Å². The van der Waals surface area contributed by atoms with E-state index in [9.17, 15) is 9.59 Å². The van der Waals surface area contributed by atoms with E-state index in [-0.39, 0.29) is 16.2 Å². The molecule has 0 saturated heterocycles. The van der Waals surface area contributed by atoms with Crippen molar-refractivity contribution in [2.24, 2.45) is 0 Å². The largest absolute Gasteiger partial charge is 0.477 e. The number of aromatic nitrogens is 1. The Morgan fingerprint density at radius 2 is 2.26 bits per heavy atom. The third-order valence-corrected chi connectivity index (χ3v) is 4.68. The van der Waals surface area contributed by atoms with E-state index in [1.165, 1.54) is 11.3 Å². The molecular weight excluding hydrogens is 286 g/mol. The lowest BCUT2D eigenvalue weighted by Gasteiger charge is -1.95. The number of rotatable bonds is 2. The third-order valence-electron chi connectivity index (χ3n) is 2.65. The van der Waals surface area contributed by atoms with Crippen LogP contribution in [0.25, 0.3) is 21.0 Å². The minimum atomic E-state index is -1.06. The molecule has 3 rings (SSSR count). The summed E-state index contributed by atoms with van der Waals surface area (Å²) in [6, 6.07) is 3.62. The third kappa shape index (κ3) is 1.87. The summed E-state index contributed by atoms with van der Waals surface area (Å²) in [4.78, 5) is 28.5. The maximum atomic E-state index is 12.0. The molecule has 3 heterocycles. The Morgan fingerprint density at radius 3 is 2.89 bits per heavy atom. The van der Waals surface area contributed by atoms with Crippen LogP contribution in [0.4, 0.5) is 0 Å². The van der Waals surface area contributed by atoms with E-state index < -0.39 is 11.6 Å². The summed E-state index contributed by atoms with van der Waals surface area (Å²) in [5, 5.41) is 11.2. The van der Waals surface area contributed by atoms with Crippen molar-refractivity contribution in [3.8, 4) is 10.8 Å². The smallest absolute Gasteiger partial charge is 0.348 e. The van der Waals surface area contributed by atoms with Gasteiger partial charge in [-0.15, -0.1) is 22.7 Å². The van der Waals surface area contributed by atoms with Crippen molar-refractivity contribution in [2.75, 3.05) is 0 Å². The highest BCUT2D eigenvalue weighted by molar-refractivity contribution is 7.20. The normalized spacial score (nSPS) is 11.0. The minimum absolute atomic E-state index is 0.123. The zero-order valence-corrected chi connectivity index (χ0v) is 11.3. The van der Waals surface area contributed by atoms with Gasteiger partial charge in [0, 0.05) is 0 Å². The highest BCUT2D eigenvalue weighted by atomic mass is 32.1. The lowest BCUT2D eigenvalue weighted by atomic mass is 10.2. The molecule has 7 heteroatoms. The van der Waals surface area contributed by atoms with Crippen LogP contribution in [0.15, 0.2) is 26.7 Å². The van der Waals surface area contributed by atoms with E-state index in [0.29, 0.717) is 10.4 Å². The molecule has 0 radical (unpaired) electrons. The molecule has 96 valence electrons. The Bertz CT molecular complexity index is 829. The van der Waals surface area contributed by atoms with Crippen LogP contribution in [-0.4, -0.2) is 16.1 Å². The van der Waals surface area contributed by atoms with Crippen LogP contribution in [-0.2, 0) is 0 Å². The number of aromatic carboxylic acids is 1. The minimum Gasteiger partial charge on any atom is -0.477 e. The van der Waals surface area contributed by atoms with E-state index in [0.717, 1.165) is 16.2 Å². The van der Waals surface area contributed by atoms with Gasteiger partial charge in [-0.05, 0) is 23.9 Å². The number of nitrogens with zero attached hydrogens (tertiary/aromatic N) is 1. The summed E-state index contributed by atoms with van der Waals surface area (Å²) in [6.07, 6.45) is 0. The molecule has 0 fully saturated rings. The lowest BCUT2D eigenvalue weighted by molar-refractivity contribution is 0.0701. The number of carboxylic acid groups (broad SMARTS) is 1. The average molecular weight is 293 g/mol.